The van der Waals surface area contributed by atoms with Crippen LogP contribution in [0, 0.1) is 15.5 Å². The largest absolute Gasteiger partial charge is 0.504 e. The maximum atomic E-state index is 11.1. The minimum Gasteiger partial charge on any atom is -0.504 e. The van der Waals surface area contributed by atoms with Gasteiger partial charge in [0.25, 0.3) is 5.69 Å². The van der Waals surface area contributed by atoms with Gasteiger partial charge in [-0.1, -0.05) is 58.4 Å². The second-order valence-electron chi connectivity index (χ2n) is 8.39. The van der Waals surface area contributed by atoms with Crippen LogP contribution in [0.4, 0.5) is 17.1 Å². The van der Waals surface area contributed by atoms with Gasteiger partial charge in [0.1, 0.15) is 5.69 Å². The average molecular weight is 390 g/mol. The summed E-state index contributed by atoms with van der Waals surface area (Å²) < 4.78 is 0. The normalized spacial score (nSPS) is 12.5. The lowest BCUT2D eigenvalue weighted by molar-refractivity contribution is -0.384. The number of hydrogen-bond donors (Lipinski definition) is 1. The van der Waals surface area contributed by atoms with Crippen molar-refractivity contribution in [3.8, 4) is 5.75 Å². The van der Waals surface area contributed by atoms with Crippen LogP contribution in [0.2, 0.25) is 5.02 Å². The summed E-state index contributed by atoms with van der Waals surface area (Å²) in [5.41, 5.74) is 0.932. The van der Waals surface area contributed by atoms with E-state index in [0.717, 1.165) is 12.0 Å². The second-order valence-corrected chi connectivity index (χ2v) is 8.80. The fourth-order valence-electron chi connectivity index (χ4n) is 3.29. The summed E-state index contributed by atoms with van der Waals surface area (Å²) in [6.45, 7) is 10.7. The highest BCUT2D eigenvalue weighted by Crippen LogP contribution is 2.43. The molecule has 0 fully saturated rings. The Morgan fingerprint density at radius 1 is 1.07 bits per heavy atom. The summed E-state index contributed by atoms with van der Waals surface area (Å²) in [7, 11) is 0. The third-order valence-corrected chi connectivity index (χ3v) is 4.43. The molecule has 2 aromatic carbocycles. The van der Waals surface area contributed by atoms with Crippen molar-refractivity contribution >= 4 is 28.7 Å². The van der Waals surface area contributed by atoms with Gasteiger partial charge in [-0.15, -0.1) is 10.2 Å². The zero-order chi connectivity index (χ0) is 20.4. The molecule has 0 aliphatic carbocycles. The minimum absolute atomic E-state index is 0.0974. The number of nitrogens with zero attached hydrogens (tertiary/aromatic N) is 3. The van der Waals surface area contributed by atoms with E-state index in [1.807, 2.05) is 0 Å². The summed E-state index contributed by atoms with van der Waals surface area (Å²) in [6, 6.07) is 9.49. The van der Waals surface area contributed by atoms with Crippen LogP contribution in [0.5, 0.6) is 5.75 Å². The molecule has 0 aliphatic rings. The van der Waals surface area contributed by atoms with Crippen molar-refractivity contribution in [1.29, 1.82) is 0 Å². The number of rotatable bonds is 5. The van der Waals surface area contributed by atoms with E-state index in [0.29, 0.717) is 0 Å². The van der Waals surface area contributed by atoms with Gasteiger partial charge in [-0.2, -0.15) is 0 Å². The van der Waals surface area contributed by atoms with Crippen LogP contribution in [-0.2, 0) is 5.41 Å². The number of nitro benzene ring substituents is 1. The first kappa shape index (κ1) is 20.8. The topological polar surface area (TPSA) is 88.1 Å². The summed E-state index contributed by atoms with van der Waals surface area (Å²) >= 11 is 6.20. The standard InChI is InChI=1S/C20H24ClN3O3/c1-19(2,3)12-20(4,5)13-10-14(21)18(25)16(11-13)23-22-15-8-6-7-9-17(15)24(26)27/h6-11,25H,12H2,1-5H3/b23-22+. The molecular weight excluding hydrogens is 366 g/mol. The number of benzene rings is 2. The third-order valence-electron chi connectivity index (χ3n) is 4.14. The Hall–Kier alpha value is -2.47. The smallest absolute Gasteiger partial charge is 0.296 e. The Bertz CT molecular complexity index is 887. The molecule has 6 nitrogen and oxygen atoms in total. The van der Waals surface area contributed by atoms with Gasteiger partial charge in [0.15, 0.2) is 11.4 Å². The molecule has 0 spiro atoms. The van der Waals surface area contributed by atoms with Crippen molar-refractivity contribution in [1.82, 2.24) is 0 Å². The van der Waals surface area contributed by atoms with Crippen LogP contribution < -0.4 is 0 Å². The van der Waals surface area contributed by atoms with E-state index in [9.17, 15) is 15.2 Å². The summed E-state index contributed by atoms with van der Waals surface area (Å²) in [5.74, 6) is -0.200. The molecule has 0 amide bonds. The molecule has 0 saturated carbocycles. The highest BCUT2D eigenvalue weighted by molar-refractivity contribution is 6.32. The molecule has 0 unspecified atom stereocenters. The van der Waals surface area contributed by atoms with Gasteiger partial charge in [-0.3, -0.25) is 10.1 Å². The molecule has 1 N–H and O–H groups in total. The Labute approximate surface area is 164 Å². The molecule has 0 bridgehead atoms. The van der Waals surface area contributed by atoms with Crippen LogP contribution in [0.3, 0.4) is 0 Å². The third kappa shape index (κ3) is 5.26. The average Bonchev–Trinajstić information content (AvgIpc) is 2.54. The summed E-state index contributed by atoms with van der Waals surface area (Å²) in [6.07, 6.45) is 0.891. The minimum atomic E-state index is -0.524. The SMILES string of the molecule is CC(C)(C)CC(C)(C)c1cc(Cl)c(O)c(/N=N/c2ccccc2[N+](=O)[O-])c1. The molecule has 2 rings (SSSR count). The van der Waals surface area contributed by atoms with E-state index in [4.69, 9.17) is 11.6 Å². The lowest BCUT2D eigenvalue weighted by Gasteiger charge is -2.33. The van der Waals surface area contributed by atoms with Crippen molar-refractivity contribution in [2.75, 3.05) is 0 Å². The Balaban J connectivity index is 2.47. The van der Waals surface area contributed by atoms with Crippen LogP contribution in [-0.4, -0.2) is 10.0 Å². The molecule has 7 heteroatoms. The Morgan fingerprint density at radius 3 is 2.26 bits per heavy atom. The van der Waals surface area contributed by atoms with Crippen molar-refractivity contribution in [2.45, 2.75) is 46.5 Å². The number of para-hydroxylation sites is 1. The fraction of sp³-hybridized carbons (Fsp3) is 0.400. The predicted octanol–water partition coefficient (Wildman–Crippen LogP) is 7.08. The highest BCUT2D eigenvalue weighted by Gasteiger charge is 2.28. The Kier molecular flexibility index (Phi) is 5.90. The number of nitro groups is 1. The Morgan fingerprint density at radius 2 is 1.67 bits per heavy atom. The van der Waals surface area contributed by atoms with Crippen LogP contribution in [0.1, 0.15) is 46.6 Å². The van der Waals surface area contributed by atoms with Crippen molar-refractivity contribution < 1.29 is 10.0 Å². The summed E-state index contributed by atoms with van der Waals surface area (Å²) in [5, 5.41) is 29.5. The molecule has 2 aromatic rings. The van der Waals surface area contributed by atoms with Gasteiger partial charge in [-0.05, 0) is 41.0 Å². The van der Waals surface area contributed by atoms with Crippen LogP contribution in [0.15, 0.2) is 46.6 Å². The van der Waals surface area contributed by atoms with Crippen molar-refractivity contribution in [3.05, 3.63) is 57.1 Å². The van der Waals surface area contributed by atoms with Gasteiger partial charge < -0.3 is 5.11 Å². The molecule has 0 atom stereocenters. The second kappa shape index (κ2) is 7.64. The fourth-order valence-corrected chi connectivity index (χ4v) is 3.50. The summed E-state index contributed by atoms with van der Waals surface area (Å²) in [4.78, 5) is 10.6. The lowest BCUT2D eigenvalue weighted by Crippen LogP contribution is -2.24. The van der Waals surface area contributed by atoms with E-state index >= 15 is 0 Å². The molecule has 0 radical (unpaired) electrons. The maximum Gasteiger partial charge on any atom is 0.296 e. The van der Waals surface area contributed by atoms with E-state index < -0.39 is 4.92 Å². The zero-order valence-electron chi connectivity index (χ0n) is 16.2. The van der Waals surface area contributed by atoms with Crippen LogP contribution in [0.25, 0.3) is 0 Å². The quantitative estimate of drug-likeness (QED) is 0.336. The van der Waals surface area contributed by atoms with Gasteiger partial charge >= 0.3 is 0 Å². The van der Waals surface area contributed by atoms with Crippen molar-refractivity contribution in [3.63, 3.8) is 0 Å². The molecule has 0 aromatic heterocycles. The van der Waals surface area contributed by atoms with Gasteiger partial charge in [0, 0.05) is 6.07 Å². The monoisotopic (exact) mass is 389 g/mol. The lowest BCUT2D eigenvalue weighted by atomic mass is 9.72. The molecule has 144 valence electrons. The highest BCUT2D eigenvalue weighted by atomic mass is 35.5. The zero-order valence-corrected chi connectivity index (χ0v) is 16.9. The number of aromatic hydroxyl groups is 1. The maximum absolute atomic E-state index is 11.1. The molecular formula is C20H24ClN3O3. The molecule has 0 saturated heterocycles. The van der Waals surface area contributed by atoms with Crippen molar-refractivity contribution in [2.24, 2.45) is 15.6 Å². The first-order valence-electron chi connectivity index (χ1n) is 8.59. The van der Waals surface area contributed by atoms with E-state index in [2.05, 4.69) is 44.8 Å². The van der Waals surface area contributed by atoms with Gasteiger partial charge in [0.2, 0.25) is 0 Å². The first-order chi connectivity index (χ1) is 12.4. The van der Waals surface area contributed by atoms with E-state index in [1.165, 1.54) is 12.1 Å². The first-order valence-corrected chi connectivity index (χ1v) is 8.97. The molecule has 0 aliphatic heterocycles. The van der Waals surface area contributed by atoms with Crippen LogP contribution >= 0.6 is 11.6 Å². The van der Waals surface area contributed by atoms with Gasteiger partial charge in [-0.25, -0.2) is 0 Å². The van der Waals surface area contributed by atoms with Gasteiger partial charge in [0.05, 0.1) is 9.95 Å². The number of halogens is 1. The molecule has 27 heavy (non-hydrogen) atoms. The number of phenolic OH excluding ortho intramolecular Hbond substituents is 1. The predicted molar refractivity (Wildman–Crippen MR) is 107 cm³/mol. The number of hydrogen-bond acceptors (Lipinski definition) is 5. The number of phenols is 1. The number of azo groups is 1. The van der Waals surface area contributed by atoms with E-state index in [1.54, 1.807) is 24.3 Å². The van der Waals surface area contributed by atoms with E-state index in [-0.39, 0.29) is 38.7 Å². The molecule has 0 heterocycles.